The summed E-state index contributed by atoms with van der Waals surface area (Å²) in [6.07, 6.45) is 4.89. The Hall–Kier alpha value is -1.04. The van der Waals surface area contributed by atoms with Crippen molar-refractivity contribution in [2.75, 3.05) is 11.6 Å². The fourth-order valence-electron chi connectivity index (χ4n) is 2.11. The van der Waals surface area contributed by atoms with Crippen LogP contribution >= 0.6 is 34.7 Å². The van der Waals surface area contributed by atoms with Gasteiger partial charge in [0, 0.05) is 9.77 Å². The highest BCUT2D eigenvalue weighted by Crippen LogP contribution is 2.27. The van der Waals surface area contributed by atoms with Crippen LogP contribution < -0.4 is 5.32 Å². The van der Waals surface area contributed by atoms with Crippen LogP contribution in [0.15, 0.2) is 23.1 Å². The standard InChI is InChI=1S/C16H19ClN2OS2/c1-4-6-13-14(5-2)22-16(18-13)19-15(20)11-9-10(21-3)7-8-12(11)17/h7-9H,4-6H2,1-3H3,(H,18,19,20). The number of carbonyl (C=O) groups excluding carboxylic acids is 1. The monoisotopic (exact) mass is 354 g/mol. The summed E-state index contributed by atoms with van der Waals surface area (Å²) < 4.78 is 0. The average Bonchev–Trinajstić information content (AvgIpc) is 2.89. The molecule has 1 aromatic heterocycles. The van der Waals surface area contributed by atoms with Gasteiger partial charge in [-0.25, -0.2) is 4.98 Å². The van der Waals surface area contributed by atoms with Gasteiger partial charge in [-0.3, -0.25) is 10.1 Å². The maximum Gasteiger partial charge on any atom is 0.258 e. The van der Waals surface area contributed by atoms with Gasteiger partial charge in [-0.2, -0.15) is 0 Å². The third-order valence-electron chi connectivity index (χ3n) is 3.22. The summed E-state index contributed by atoms with van der Waals surface area (Å²) in [5, 5.41) is 3.98. The van der Waals surface area contributed by atoms with Crippen molar-refractivity contribution in [2.24, 2.45) is 0 Å². The van der Waals surface area contributed by atoms with E-state index in [2.05, 4.69) is 24.1 Å². The zero-order valence-electron chi connectivity index (χ0n) is 12.9. The van der Waals surface area contributed by atoms with Crippen LogP contribution in [-0.4, -0.2) is 17.1 Å². The number of benzene rings is 1. The van der Waals surface area contributed by atoms with E-state index in [4.69, 9.17) is 11.6 Å². The van der Waals surface area contributed by atoms with Gasteiger partial charge in [0.2, 0.25) is 0 Å². The number of nitrogens with zero attached hydrogens (tertiary/aromatic N) is 1. The third kappa shape index (κ3) is 4.03. The molecule has 0 radical (unpaired) electrons. The Morgan fingerprint density at radius 1 is 1.41 bits per heavy atom. The number of amides is 1. The molecule has 0 saturated carbocycles. The first-order valence-electron chi connectivity index (χ1n) is 7.22. The SMILES string of the molecule is CCCc1nc(NC(=O)c2cc(SC)ccc2Cl)sc1CC. The lowest BCUT2D eigenvalue weighted by molar-refractivity contribution is 0.102. The van der Waals surface area contributed by atoms with E-state index in [1.165, 1.54) is 4.88 Å². The quantitative estimate of drug-likeness (QED) is 0.717. The smallest absolute Gasteiger partial charge is 0.258 e. The number of aryl methyl sites for hydroxylation is 2. The summed E-state index contributed by atoms with van der Waals surface area (Å²) >= 11 is 9.27. The molecule has 1 aromatic carbocycles. The van der Waals surface area contributed by atoms with Crippen molar-refractivity contribution in [1.29, 1.82) is 0 Å². The minimum absolute atomic E-state index is 0.208. The number of hydrogen-bond acceptors (Lipinski definition) is 4. The predicted octanol–water partition coefficient (Wildman–Crippen LogP) is 5.29. The molecule has 0 fully saturated rings. The van der Waals surface area contributed by atoms with Gasteiger partial charge in [0.1, 0.15) is 0 Å². The molecule has 0 atom stereocenters. The van der Waals surface area contributed by atoms with Gasteiger partial charge in [0.05, 0.1) is 16.3 Å². The van der Waals surface area contributed by atoms with Gasteiger partial charge >= 0.3 is 0 Å². The van der Waals surface area contributed by atoms with E-state index in [1.807, 2.05) is 18.4 Å². The highest BCUT2D eigenvalue weighted by molar-refractivity contribution is 7.98. The molecule has 0 spiro atoms. The Bertz CT molecular complexity index is 670. The molecule has 2 aromatic rings. The number of aromatic nitrogens is 1. The van der Waals surface area contributed by atoms with E-state index in [9.17, 15) is 4.79 Å². The van der Waals surface area contributed by atoms with Crippen molar-refractivity contribution >= 4 is 45.7 Å². The Morgan fingerprint density at radius 2 is 2.18 bits per heavy atom. The molecule has 2 rings (SSSR count). The number of anilines is 1. The first-order chi connectivity index (χ1) is 10.6. The van der Waals surface area contributed by atoms with Crippen LogP contribution in [0.4, 0.5) is 5.13 Å². The highest BCUT2D eigenvalue weighted by Gasteiger charge is 2.15. The van der Waals surface area contributed by atoms with Crippen molar-refractivity contribution in [3.05, 3.63) is 39.4 Å². The van der Waals surface area contributed by atoms with Crippen molar-refractivity contribution in [3.63, 3.8) is 0 Å². The van der Waals surface area contributed by atoms with E-state index in [0.29, 0.717) is 15.7 Å². The first kappa shape index (κ1) is 17.3. The van der Waals surface area contributed by atoms with Crippen molar-refractivity contribution in [2.45, 2.75) is 38.0 Å². The van der Waals surface area contributed by atoms with Gasteiger partial charge in [-0.1, -0.05) is 31.9 Å². The molecule has 0 aliphatic carbocycles. The fraction of sp³-hybridized carbons (Fsp3) is 0.375. The maximum atomic E-state index is 12.4. The molecule has 1 amide bonds. The number of thioether (sulfide) groups is 1. The lowest BCUT2D eigenvalue weighted by Crippen LogP contribution is -2.12. The highest BCUT2D eigenvalue weighted by atomic mass is 35.5. The van der Waals surface area contributed by atoms with Crippen molar-refractivity contribution in [3.8, 4) is 0 Å². The average molecular weight is 355 g/mol. The topological polar surface area (TPSA) is 42.0 Å². The zero-order valence-corrected chi connectivity index (χ0v) is 15.3. The molecule has 1 heterocycles. The summed E-state index contributed by atoms with van der Waals surface area (Å²) in [5.41, 5.74) is 1.58. The third-order valence-corrected chi connectivity index (χ3v) is 5.44. The molecule has 22 heavy (non-hydrogen) atoms. The number of halogens is 1. The number of nitrogens with one attached hydrogen (secondary N) is 1. The molecule has 3 nitrogen and oxygen atoms in total. The molecule has 0 aliphatic heterocycles. The normalized spacial score (nSPS) is 10.7. The second-order valence-electron chi connectivity index (χ2n) is 4.79. The van der Waals surface area contributed by atoms with Crippen LogP contribution in [0.1, 0.15) is 41.2 Å². The zero-order chi connectivity index (χ0) is 16.1. The Labute approximate surface area is 144 Å². The van der Waals surface area contributed by atoms with Gasteiger partial charge in [0.15, 0.2) is 5.13 Å². The molecule has 0 bridgehead atoms. The number of hydrogen-bond donors (Lipinski definition) is 1. The lowest BCUT2D eigenvalue weighted by atomic mass is 10.2. The van der Waals surface area contributed by atoms with Crippen molar-refractivity contribution < 1.29 is 4.79 Å². The van der Waals surface area contributed by atoms with Crippen LogP contribution in [-0.2, 0) is 12.8 Å². The lowest BCUT2D eigenvalue weighted by Gasteiger charge is -2.06. The van der Waals surface area contributed by atoms with E-state index < -0.39 is 0 Å². The van der Waals surface area contributed by atoms with Gasteiger partial charge in [-0.15, -0.1) is 23.1 Å². The molecule has 0 aliphatic rings. The second-order valence-corrected chi connectivity index (χ2v) is 7.16. The summed E-state index contributed by atoms with van der Waals surface area (Å²) in [6, 6.07) is 5.47. The molecule has 0 saturated heterocycles. The van der Waals surface area contributed by atoms with Crippen LogP contribution in [0.3, 0.4) is 0 Å². The van der Waals surface area contributed by atoms with Crippen LogP contribution in [0.5, 0.6) is 0 Å². The molecular weight excluding hydrogens is 336 g/mol. The number of rotatable bonds is 6. The molecule has 1 N–H and O–H groups in total. The van der Waals surface area contributed by atoms with E-state index in [-0.39, 0.29) is 5.91 Å². The predicted molar refractivity (Wildman–Crippen MR) is 96.7 cm³/mol. The van der Waals surface area contributed by atoms with Crippen LogP contribution in [0.2, 0.25) is 5.02 Å². The summed E-state index contributed by atoms with van der Waals surface area (Å²) in [7, 11) is 0. The van der Waals surface area contributed by atoms with Gasteiger partial charge in [0.25, 0.3) is 5.91 Å². The maximum absolute atomic E-state index is 12.4. The minimum Gasteiger partial charge on any atom is -0.298 e. The largest absolute Gasteiger partial charge is 0.298 e. The van der Waals surface area contributed by atoms with Crippen LogP contribution in [0.25, 0.3) is 0 Å². The van der Waals surface area contributed by atoms with E-state index in [0.717, 1.165) is 29.9 Å². The molecule has 0 unspecified atom stereocenters. The van der Waals surface area contributed by atoms with Crippen molar-refractivity contribution in [1.82, 2.24) is 4.98 Å². The fourth-order valence-corrected chi connectivity index (χ4v) is 3.70. The van der Waals surface area contributed by atoms with Gasteiger partial charge in [-0.05, 0) is 37.3 Å². The summed E-state index contributed by atoms with van der Waals surface area (Å²) in [4.78, 5) is 19.2. The Balaban J connectivity index is 2.21. The minimum atomic E-state index is -0.208. The first-order valence-corrected chi connectivity index (χ1v) is 9.64. The second kappa shape index (κ2) is 7.99. The molecular formula is C16H19ClN2OS2. The summed E-state index contributed by atoms with van der Waals surface area (Å²) in [5.74, 6) is -0.208. The van der Waals surface area contributed by atoms with E-state index >= 15 is 0 Å². The van der Waals surface area contributed by atoms with Crippen LogP contribution in [0, 0.1) is 0 Å². The Kier molecular flexibility index (Phi) is 6.29. The van der Waals surface area contributed by atoms with Gasteiger partial charge < -0.3 is 0 Å². The molecule has 6 heteroatoms. The number of carbonyl (C=O) groups is 1. The molecule has 118 valence electrons. The summed E-state index contributed by atoms with van der Waals surface area (Å²) in [6.45, 7) is 4.24. The Morgan fingerprint density at radius 3 is 2.82 bits per heavy atom. The number of thiazole rings is 1. The van der Waals surface area contributed by atoms with E-state index in [1.54, 1.807) is 29.2 Å².